The summed E-state index contributed by atoms with van der Waals surface area (Å²) in [7, 11) is 0. The molecule has 0 fully saturated rings. The van der Waals surface area contributed by atoms with E-state index in [1.807, 2.05) is 42.5 Å². The fourth-order valence-corrected chi connectivity index (χ4v) is 2.09. The Labute approximate surface area is 123 Å². The Morgan fingerprint density at radius 3 is 2.19 bits per heavy atom. The lowest BCUT2D eigenvalue weighted by Gasteiger charge is -2.01. The molecular formula is C19H14O2. The smallest absolute Gasteiger partial charge is 0.221 e. The van der Waals surface area contributed by atoms with E-state index in [0.717, 1.165) is 11.1 Å². The number of carbonyl (C=O) groups is 1. The summed E-state index contributed by atoms with van der Waals surface area (Å²) in [5, 5.41) is 0. The van der Waals surface area contributed by atoms with Crippen LogP contribution in [0.5, 0.6) is 0 Å². The normalized spacial score (nSPS) is 10.9. The quantitative estimate of drug-likeness (QED) is 0.503. The highest BCUT2D eigenvalue weighted by atomic mass is 16.3. The first-order valence-electron chi connectivity index (χ1n) is 6.74. The van der Waals surface area contributed by atoms with Gasteiger partial charge in [-0.1, -0.05) is 60.7 Å². The van der Waals surface area contributed by atoms with Crippen LogP contribution in [0.25, 0.3) is 17.2 Å². The number of hydrogen-bond acceptors (Lipinski definition) is 2. The molecule has 2 aromatic carbocycles. The fourth-order valence-electron chi connectivity index (χ4n) is 2.09. The molecule has 1 heterocycles. The van der Waals surface area contributed by atoms with Gasteiger partial charge in [-0.15, -0.1) is 0 Å². The first kappa shape index (κ1) is 13.1. The molecule has 2 heteroatoms. The summed E-state index contributed by atoms with van der Waals surface area (Å²) in [4.78, 5) is 11.8. The monoisotopic (exact) mass is 274 g/mol. The molecular weight excluding hydrogens is 260 g/mol. The van der Waals surface area contributed by atoms with E-state index in [2.05, 4.69) is 12.1 Å². The van der Waals surface area contributed by atoms with Gasteiger partial charge >= 0.3 is 0 Å². The zero-order valence-electron chi connectivity index (χ0n) is 11.4. The molecule has 0 saturated heterocycles. The zero-order chi connectivity index (χ0) is 14.5. The second-order valence-corrected chi connectivity index (χ2v) is 4.66. The molecule has 1 aromatic heterocycles. The maximum Gasteiger partial charge on any atom is 0.221 e. The molecule has 0 aliphatic rings. The SMILES string of the molecule is O=C(/C=C/c1ccc(-c2ccccc2)cc1)c1ccco1. The highest BCUT2D eigenvalue weighted by Crippen LogP contribution is 2.19. The minimum Gasteiger partial charge on any atom is -0.461 e. The summed E-state index contributed by atoms with van der Waals surface area (Å²) < 4.78 is 5.06. The summed E-state index contributed by atoms with van der Waals surface area (Å²) in [5.74, 6) is 0.222. The van der Waals surface area contributed by atoms with E-state index in [9.17, 15) is 4.79 Å². The van der Waals surface area contributed by atoms with Crippen molar-refractivity contribution in [3.05, 3.63) is 90.4 Å². The third-order valence-electron chi connectivity index (χ3n) is 3.21. The number of rotatable bonds is 4. The van der Waals surface area contributed by atoms with Gasteiger partial charge in [-0.3, -0.25) is 4.79 Å². The molecule has 0 spiro atoms. The predicted molar refractivity (Wildman–Crippen MR) is 84.0 cm³/mol. The van der Waals surface area contributed by atoms with E-state index in [1.54, 1.807) is 18.2 Å². The second-order valence-electron chi connectivity index (χ2n) is 4.66. The molecule has 0 N–H and O–H groups in total. The maximum atomic E-state index is 11.8. The van der Waals surface area contributed by atoms with Gasteiger partial charge in [0, 0.05) is 0 Å². The summed E-state index contributed by atoms with van der Waals surface area (Å²) in [6.45, 7) is 0. The lowest BCUT2D eigenvalue weighted by atomic mass is 10.0. The van der Waals surface area contributed by atoms with Crippen LogP contribution in [-0.2, 0) is 0 Å². The molecule has 102 valence electrons. The zero-order valence-corrected chi connectivity index (χ0v) is 11.4. The van der Waals surface area contributed by atoms with E-state index in [0.29, 0.717) is 5.76 Å². The van der Waals surface area contributed by atoms with Gasteiger partial charge in [-0.25, -0.2) is 0 Å². The lowest BCUT2D eigenvalue weighted by molar-refractivity contribution is 0.102. The first-order chi connectivity index (χ1) is 10.3. The van der Waals surface area contributed by atoms with Crippen molar-refractivity contribution in [3.8, 4) is 11.1 Å². The van der Waals surface area contributed by atoms with Crippen molar-refractivity contribution in [2.24, 2.45) is 0 Å². The van der Waals surface area contributed by atoms with Gasteiger partial charge < -0.3 is 4.42 Å². The summed E-state index contributed by atoms with van der Waals surface area (Å²) in [6.07, 6.45) is 4.81. The third-order valence-corrected chi connectivity index (χ3v) is 3.21. The molecule has 0 aliphatic carbocycles. The summed E-state index contributed by atoms with van der Waals surface area (Å²) in [5.41, 5.74) is 3.32. The molecule has 0 unspecified atom stereocenters. The number of allylic oxidation sites excluding steroid dienone is 1. The Kier molecular flexibility index (Phi) is 3.79. The fraction of sp³-hybridized carbons (Fsp3) is 0. The Balaban J connectivity index is 1.74. The first-order valence-corrected chi connectivity index (χ1v) is 6.74. The van der Waals surface area contributed by atoms with Crippen molar-refractivity contribution in [1.29, 1.82) is 0 Å². The number of hydrogen-bond donors (Lipinski definition) is 0. The van der Waals surface area contributed by atoms with Crippen LogP contribution in [0.2, 0.25) is 0 Å². The topological polar surface area (TPSA) is 30.2 Å². The van der Waals surface area contributed by atoms with Gasteiger partial charge in [0.1, 0.15) is 0 Å². The number of benzene rings is 2. The average Bonchev–Trinajstić information content (AvgIpc) is 3.08. The van der Waals surface area contributed by atoms with Crippen LogP contribution in [0.15, 0.2) is 83.5 Å². The molecule has 0 saturated carbocycles. The van der Waals surface area contributed by atoms with Crippen LogP contribution in [0, 0.1) is 0 Å². The summed E-state index contributed by atoms with van der Waals surface area (Å²) in [6, 6.07) is 21.6. The standard InChI is InChI=1S/C19H14O2/c20-18(19-7-4-14-21-19)13-10-15-8-11-17(12-9-15)16-5-2-1-3-6-16/h1-14H/b13-10+. The van der Waals surface area contributed by atoms with E-state index < -0.39 is 0 Å². The van der Waals surface area contributed by atoms with Crippen molar-refractivity contribution in [3.63, 3.8) is 0 Å². The number of furan rings is 1. The lowest BCUT2D eigenvalue weighted by Crippen LogP contribution is -1.90. The van der Waals surface area contributed by atoms with Crippen molar-refractivity contribution < 1.29 is 9.21 Å². The molecule has 0 aliphatic heterocycles. The summed E-state index contributed by atoms with van der Waals surface area (Å²) >= 11 is 0. The Morgan fingerprint density at radius 1 is 0.810 bits per heavy atom. The highest BCUT2D eigenvalue weighted by Gasteiger charge is 2.03. The second kappa shape index (κ2) is 6.06. The minimum atomic E-state index is -0.132. The Hall–Kier alpha value is -2.87. The van der Waals surface area contributed by atoms with Crippen molar-refractivity contribution >= 4 is 11.9 Å². The van der Waals surface area contributed by atoms with E-state index in [1.165, 1.54) is 17.9 Å². The molecule has 0 radical (unpaired) electrons. The molecule has 2 nitrogen and oxygen atoms in total. The van der Waals surface area contributed by atoms with Crippen LogP contribution < -0.4 is 0 Å². The van der Waals surface area contributed by atoms with Gasteiger partial charge in [-0.2, -0.15) is 0 Å². The van der Waals surface area contributed by atoms with Crippen LogP contribution >= 0.6 is 0 Å². The van der Waals surface area contributed by atoms with Crippen molar-refractivity contribution in [1.82, 2.24) is 0 Å². The van der Waals surface area contributed by atoms with Gasteiger partial charge in [0.05, 0.1) is 6.26 Å². The van der Waals surface area contributed by atoms with Crippen LogP contribution in [0.3, 0.4) is 0 Å². The van der Waals surface area contributed by atoms with Gasteiger partial charge in [-0.05, 0) is 34.9 Å². The molecule has 3 rings (SSSR count). The van der Waals surface area contributed by atoms with Gasteiger partial charge in [0.2, 0.25) is 5.78 Å². The van der Waals surface area contributed by atoms with E-state index in [-0.39, 0.29) is 5.78 Å². The molecule has 21 heavy (non-hydrogen) atoms. The van der Waals surface area contributed by atoms with Crippen LogP contribution in [0.4, 0.5) is 0 Å². The Bertz CT molecular complexity index is 736. The van der Waals surface area contributed by atoms with Gasteiger partial charge in [0.15, 0.2) is 5.76 Å². The average molecular weight is 274 g/mol. The van der Waals surface area contributed by atoms with Crippen molar-refractivity contribution in [2.45, 2.75) is 0 Å². The molecule has 0 atom stereocenters. The van der Waals surface area contributed by atoms with Gasteiger partial charge in [0.25, 0.3) is 0 Å². The molecule has 0 bridgehead atoms. The van der Waals surface area contributed by atoms with E-state index >= 15 is 0 Å². The minimum absolute atomic E-state index is 0.132. The largest absolute Gasteiger partial charge is 0.461 e. The third kappa shape index (κ3) is 3.18. The highest BCUT2D eigenvalue weighted by molar-refractivity contribution is 6.04. The number of ketones is 1. The van der Waals surface area contributed by atoms with Crippen LogP contribution in [0.1, 0.15) is 16.1 Å². The molecule has 0 amide bonds. The predicted octanol–water partition coefficient (Wildman–Crippen LogP) is 4.84. The molecule has 3 aromatic rings. The van der Waals surface area contributed by atoms with Crippen molar-refractivity contribution in [2.75, 3.05) is 0 Å². The Morgan fingerprint density at radius 2 is 1.52 bits per heavy atom. The van der Waals surface area contributed by atoms with E-state index in [4.69, 9.17) is 4.42 Å². The van der Waals surface area contributed by atoms with Crippen LogP contribution in [-0.4, -0.2) is 5.78 Å². The maximum absolute atomic E-state index is 11.8. The number of carbonyl (C=O) groups excluding carboxylic acids is 1.